The summed E-state index contributed by atoms with van der Waals surface area (Å²) in [6, 6.07) is 121. The predicted octanol–water partition coefficient (Wildman–Crippen LogP) is 22.3. The van der Waals surface area contributed by atoms with Gasteiger partial charge in [-0.05, 0) is 121 Å². The van der Waals surface area contributed by atoms with Crippen molar-refractivity contribution in [1.82, 2.24) is 34.7 Å². The van der Waals surface area contributed by atoms with Crippen LogP contribution in [0.3, 0.4) is 0 Å². The van der Waals surface area contributed by atoms with E-state index in [1.165, 1.54) is 44.9 Å². The number of halogens is 3. The maximum Gasteiger partial charge on any atom is 0.490 e. The maximum absolute atomic E-state index is 14.8. The van der Waals surface area contributed by atoms with Gasteiger partial charge in [0.2, 0.25) is 0 Å². The van der Waals surface area contributed by atoms with Crippen molar-refractivity contribution in [1.29, 1.82) is 0 Å². The van der Waals surface area contributed by atoms with Gasteiger partial charge < -0.3 is 68.0 Å². The van der Waals surface area contributed by atoms with E-state index in [1.807, 2.05) is 206 Å². The van der Waals surface area contributed by atoms with Crippen LogP contribution in [0.5, 0.6) is 28.7 Å². The molecule has 23 nitrogen and oxygen atoms in total. The number of methoxy groups -OCH3 is 3. The van der Waals surface area contributed by atoms with Crippen molar-refractivity contribution in [3.8, 4) is 28.7 Å². The quantitative estimate of drug-likeness (QED) is 0.0138. The van der Waals surface area contributed by atoms with Crippen LogP contribution < -0.4 is 39.9 Å². The molecule has 16 rings (SSSR count). The van der Waals surface area contributed by atoms with Crippen LogP contribution in [0.1, 0.15) is 117 Å². The van der Waals surface area contributed by atoms with Crippen LogP contribution in [0.2, 0.25) is 51.4 Å². The van der Waals surface area contributed by atoms with E-state index in [2.05, 4.69) is 140 Å². The highest BCUT2D eigenvalue weighted by Crippen LogP contribution is 2.38. The highest BCUT2D eigenvalue weighted by Gasteiger charge is 2.45. The zero-order chi connectivity index (χ0) is 106. The minimum Gasteiger partial charge on any atom is -0.497 e. The number of aliphatic hydroxyl groups excluding tert-OH is 2. The molecule has 0 unspecified atom stereocenters. The van der Waals surface area contributed by atoms with Crippen LogP contribution in [0, 0.1) is 0 Å². The molecular weight excluding hydrogens is 1930 g/mol. The number of hydrogen-bond acceptors (Lipinski definition) is 19. The van der Waals surface area contributed by atoms with E-state index < -0.39 is 93.4 Å². The van der Waals surface area contributed by atoms with Gasteiger partial charge in [0.05, 0.1) is 65.2 Å². The van der Waals surface area contributed by atoms with Gasteiger partial charge in [-0.3, -0.25) is 19.2 Å². The van der Waals surface area contributed by atoms with E-state index in [0.29, 0.717) is 66.5 Å². The molecule has 1 aliphatic rings. The van der Waals surface area contributed by atoms with Crippen LogP contribution in [0.4, 0.5) is 13.2 Å². The number of aliphatic hydroxyl groups is 2. The van der Waals surface area contributed by atoms with Gasteiger partial charge in [0, 0.05) is 85.8 Å². The Kier molecular flexibility index (Phi) is 42.2. The summed E-state index contributed by atoms with van der Waals surface area (Å²) in [5.41, 5.74) is 9.61. The molecule has 4 atom stereocenters. The lowest BCUT2D eigenvalue weighted by atomic mass is 9.86. The molecule has 3 N–H and O–H groups in total. The SMILES string of the molecule is COc1ccc(CN(C[C@H](O)C(c2ccccc2)c2ccccc2)C(=O)c2nn(COCC[Si](C)(C)C)cc(OCc3ccccc3)c2=O)cc1.COc1ccc(CN(C[C@H](OC(=O)C(F)(F)F)C(c2ccccc2)c2ccccc2)C(=O)c2nn(COCC[Si](C)(C)C)cc(OCc3ccccc3)c2=O)cc1.COc1ccc(CNC[C@H](O)C(c2ccccc2)c2ccccc2)cc1.c1ccc(C(c2ccccc2)[C@@H]2CO2)cc1. The van der Waals surface area contributed by atoms with E-state index in [9.17, 15) is 47.4 Å². The summed E-state index contributed by atoms with van der Waals surface area (Å²) in [5.74, 6) is -3.18. The maximum atomic E-state index is 14.8. The van der Waals surface area contributed by atoms with Crippen molar-refractivity contribution >= 4 is 33.9 Å². The van der Waals surface area contributed by atoms with Crippen LogP contribution in [0.25, 0.3) is 0 Å². The second-order valence-corrected chi connectivity index (χ2v) is 50.1. The lowest BCUT2D eigenvalue weighted by molar-refractivity contribution is -0.206. The molecule has 1 saturated heterocycles. The molecule has 1 fully saturated rings. The molecule has 3 heterocycles. The minimum atomic E-state index is -5.34. The van der Waals surface area contributed by atoms with Gasteiger partial charge in [-0.2, -0.15) is 23.4 Å². The number of amides is 2. The Morgan fingerprint density at radius 1 is 0.407 bits per heavy atom. The topological polar surface area (TPSA) is 266 Å². The number of rotatable bonds is 46. The van der Waals surface area contributed by atoms with Crippen LogP contribution in [0.15, 0.2) is 398 Å². The highest BCUT2D eigenvalue weighted by atomic mass is 28.3. The summed E-state index contributed by atoms with van der Waals surface area (Å²) >= 11 is 0. The summed E-state index contributed by atoms with van der Waals surface area (Å²) in [6.45, 7) is 15.8. The highest BCUT2D eigenvalue weighted by molar-refractivity contribution is 6.76. The summed E-state index contributed by atoms with van der Waals surface area (Å²) in [6.07, 6.45) is -5.25. The molecule has 0 saturated carbocycles. The van der Waals surface area contributed by atoms with Crippen molar-refractivity contribution < 1.29 is 80.4 Å². The van der Waals surface area contributed by atoms with E-state index in [1.54, 1.807) is 99.1 Å². The monoisotopic (exact) mass is 2060 g/mol. The first-order valence-corrected chi connectivity index (χ1v) is 57.5. The fraction of sp³-hybridized carbons (Fsp3) is 0.270. The third kappa shape index (κ3) is 34.8. The Balaban J connectivity index is 0.000000182. The molecule has 28 heteroatoms. The molecule has 13 aromatic carbocycles. The van der Waals surface area contributed by atoms with E-state index >= 15 is 0 Å². The van der Waals surface area contributed by atoms with Gasteiger partial charge in [0.15, 0.2) is 22.9 Å². The molecule has 15 aromatic rings. The number of hydrogen-bond donors (Lipinski definition) is 3. The first kappa shape index (κ1) is 112. The first-order valence-electron chi connectivity index (χ1n) is 50.1. The summed E-state index contributed by atoms with van der Waals surface area (Å²) < 4.78 is 95.0. The number of esters is 1. The summed E-state index contributed by atoms with van der Waals surface area (Å²) in [4.78, 5) is 72.8. The summed E-state index contributed by atoms with van der Waals surface area (Å²) in [7, 11) is 1.95. The number of carbonyl (C=O) groups is 3. The first-order chi connectivity index (χ1) is 72.5. The van der Waals surface area contributed by atoms with Crippen LogP contribution in [-0.2, 0) is 70.1 Å². The number of epoxide rings is 1. The number of nitrogens with one attached hydrogen (secondary N) is 1. The van der Waals surface area contributed by atoms with Crippen molar-refractivity contribution in [3.63, 3.8) is 0 Å². The van der Waals surface area contributed by atoms with Gasteiger partial charge >= 0.3 is 12.1 Å². The predicted molar refractivity (Wildman–Crippen MR) is 584 cm³/mol. The van der Waals surface area contributed by atoms with Gasteiger partial charge in [-0.15, -0.1) is 0 Å². The zero-order valence-corrected chi connectivity index (χ0v) is 88.1. The summed E-state index contributed by atoms with van der Waals surface area (Å²) in [5, 5.41) is 35.1. The number of benzene rings is 13. The van der Waals surface area contributed by atoms with E-state index in [0.717, 1.165) is 73.9 Å². The van der Waals surface area contributed by atoms with E-state index in [-0.39, 0.29) is 69.4 Å². The molecular formula is C122H132F3N7O16Si2. The van der Waals surface area contributed by atoms with Gasteiger partial charge in [0.25, 0.3) is 22.7 Å². The third-order valence-electron chi connectivity index (χ3n) is 25.1. The standard InChI is InChI=1S/C43H46F3N3O7Si.C41H47N3O6Si.C23H25NO2.C15H14O/c1-53-35-22-20-31(21-23-35)26-48(27-36(56-42(52)43(44,45)46)38(33-16-10-6-11-17-33)34-18-12-7-13-19-34)41(51)39-40(50)37(55-29-32-14-8-5-9-15-32)28-49(47-39)30-54-24-25-57(2,3)4;1-48-35-22-20-31(21-23-35)26-43(27-36(45)38(33-16-10-6-11-17-33)34-18-12-7-13-19-34)41(47)39-40(46)37(50-29-32-14-8-5-9-15-32)28-44(42-39)30-49-24-25-51(2,3)4;1-26-21-14-12-18(13-15-21)16-24-17-22(25)23(19-8-4-2-5-9-19)20-10-6-3-7-11-20;1-3-7-12(8-4-1)15(14-11-16-14)13-9-5-2-6-10-13/h5-23,28,36,38H,24-27,29-30H2,1-4H3;5-23,28,36,38,45H,24-27,29-30H2,1-4H3;2-15,22-25H,16-17H2,1H3;1-10,14-15H,11H2/t2*36-;22-;14-/m0000/s1. The number of alkyl halides is 3. The third-order valence-corrected chi connectivity index (χ3v) is 28.5. The molecule has 0 spiro atoms. The normalized spacial score (nSPS) is 12.8. The van der Waals surface area contributed by atoms with Crippen molar-refractivity contribution in [2.45, 2.75) is 152 Å². The van der Waals surface area contributed by atoms with E-state index in [4.69, 9.17) is 42.6 Å². The fourth-order valence-electron chi connectivity index (χ4n) is 17.1. The van der Waals surface area contributed by atoms with Gasteiger partial charge in [0.1, 0.15) is 50.0 Å². The van der Waals surface area contributed by atoms with Crippen molar-refractivity contribution in [2.24, 2.45) is 0 Å². The average Bonchev–Trinajstić information content (AvgIpc) is 1.10. The van der Waals surface area contributed by atoms with Gasteiger partial charge in [-0.1, -0.05) is 379 Å². The molecule has 0 radical (unpaired) electrons. The molecule has 780 valence electrons. The molecule has 2 amide bonds. The number of aromatic nitrogens is 4. The van der Waals surface area contributed by atoms with Gasteiger partial charge in [-0.25, -0.2) is 14.2 Å². The minimum absolute atomic E-state index is 0.00503. The lowest BCUT2D eigenvalue weighted by Gasteiger charge is -2.33. The van der Waals surface area contributed by atoms with Crippen LogP contribution >= 0.6 is 0 Å². The van der Waals surface area contributed by atoms with Crippen molar-refractivity contribution in [2.75, 3.05) is 60.8 Å². The smallest absolute Gasteiger partial charge is 0.490 e. The second kappa shape index (κ2) is 56.4. The Hall–Kier alpha value is -15.0. The Labute approximate surface area is 877 Å². The lowest BCUT2D eigenvalue weighted by Crippen LogP contribution is -2.45. The number of nitrogens with zero attached hydrogens (tertiary/aromatic N) is 6. The molecule has 150 heavy (non-hydrogen) atoms. The van der Waals surface area contributed by atoms with Crippen molar-refractivity contribution in [3.05, 3.63) is 493 Å². The number of ether oxygens (including phenoxy) is 9. The Bertz CT molecular complexity index is 6570. The second-order valence-electron chi connectivity index (χ2n) is 38.9. The number of carbonyl (C=O) groups excluding carboxylic acids is 3. The average molecular weight is 2070 g/mol. The van der Waals surface area contributed by atoms with Crippen LogP contribution in [-0.4, -0.2) is 165 Å². The molecule has 0 bridgehead atoms. The fourth-order valence-corrected chi connectivity index (χ4v) is 18.6. The molecule has 2 aromatic heterocycles. The molecule has 1 aliphatic heterocycles. The largest absolute Gasteiger partial charge is 0.497 e. The Morgan fingerprint density at radius 3 is 1.02 bits per heavy atom. The Morgan fingerprint density at radius 2 is 0.707 bits per heavy atom. The molecule has 0 aliphatic carbocycles. The zero-order valence-electron chi connectivity index (χ0n) is 86.1.